The number of rotatable bonds is 4. The Bertz CT molecular complexity index is 482. The maximum atomic E-state index is 10.5. The minimum absolute atomic E-state index is 0.0111. The summed E-state index contributed by atoms with van der Waals surface area (Å²) in [5.41, 5.74) is 0.0111. The van der Waals surface area contributed by atoms with Crippen LogP contribution < -0.4 is 5.32 Å². The predicted molar refractivity (Wildman–Crippen MR) is 56.9 cm³/mol. The summed E-state index contributed by atoms with van der Waals surface area (Å²) in [6, 6.07) is 6.31. The third kappa shape index (κ3) is 2.35. The van der Waals surface area contributed by atoms with Gasteiger partial charge < -0.3 is 9.73 Å². The molecular weight excluding hydrogens is 210 g/mol. The summed E-state index contributed by atoms with van der Waals surface area (Å²) in [5, 5.41) is 13.5. The zero-order valence-corrected chi connectivity index (χ0v) is 8.29. The Kier molecular flexibility index (Phi) is 2.81. The number of furan rings is 1. The van der Waals surface area contributed by atoms with Crippen molar-refractivity contribution in [1.82, 2.24) is 4.98 Å². The standard InChI is InChI=1S/C10H9N3O3/c14-13(15)8-3-4-11-10(6-8)12-7-9-2-1-5-16-9/h1-6H,7H2,(H,11,12). The summed E-state index contributed by atoms with van der Waals surface area (Å²) >= 11 is 0. The second-order valence-corrected chi connectivity index (χ2v) is 3.09. The molecule has 0 saturated carbocycles. The van der Waals surface area contributed by atoms with Crippen molar-refractivity contribution in [2.24, 2.45) is 0 Å². The SMILES string of the molecule is O=[N+]([O-])c1ccnc(NCc2ccco2)c1. The molecule has 0 aromatic carbocycles. The Hall–Kier alpha value is -2.37. The fourth-order valence-corrected chi connectivity index (χ4v) is 1.22. The number of nitrogens with zero attached hydrogens (tertiary/aromatic N) is 2. The van der Waals surface area contributed by atoms with Crippen LogP contribution in [0.5, 0.6) is 0 Å². The average molecular weight is 219 g/mol. The van der Waals surface area contributed by atoms with Crippen LogP contribution in [0.1, 0.15) is 5.76 Å². The topological polar surface area (TPSA) is 81.2 Å². The van der Waals surface area contributed by atoms with Crippen molar-refractivity contribution in [3.05, 3.63) is 52.6 Å². The minimum Gasteiger partial charge on any atom is -0.467 e. The normalized spacial score (nSPS) is 10.0. The van der Waals surface area contributed by atoms with E-state index in [1.807, 2.05) is 6.07 Å². The van der Waals surface area contributed by atoms with E-state index >= 15 is 0 Å². The molecule has 0 aliphatic rings. The van der Waals surface area contributed by atoms with E-state index in [4.69, 9.17) is 4.42 Å². The van der Waals surface area contributed by atoms with Crippen LogP contribution in [0.15, 0.2) is 41.1 Å². The van der Waals surface area contributed by atoms with Gasteiger partial charge in [-0.3, -0.25) is 10.1 Å². The molecule has 82 valence electrons. The molecule has 0 atom stereocenters. The highest BCUT2D eigenvalue weighted by Gasteiger charge is 2.06. The predicted octanol–water partition coefficient (Wildman–Crippen LogP) is 2.19. The zero-order chi connectivity index (χ0) is 11.4. The van der Waals surface area contributed by atoms with Gasteiger partial charge in [0.2, 0.25) is 0 Å². The second kappa shape index (κ2) is 4.43. The molecule has 0 aliphatic heterocycles. The van der Waals surface area contributed by atoms with Crippen LogP contribution >= 0.6 is 0 Å². The maximum absolute atomic E-state index is 10.5. The molecule has 0 spiro atoms. The van der Waals surface area contributed by atoms with Crippen molar-refractivity contribution in [3.8, 4) is 0 Å². The summed E-state index contributed by atoms with van der Waals surface area (Å²) in [6.07, 6.45) is 2.96. The van der Waals surface area contributed by atoms with Crippen LogP contribution in [0.4, 0.5) is 11.5 Å². The van der Waals surface area contributed by atoms with Crippen LogP contribution in [0.25, 0.3) is 0 Å². The van der Waals surface area contributed by atoms with Gasteiger partial charge in [-0.25, -0.2) is 4.98 Å². The lowest BCUT2D eigenvalue weighted by molar-refractivity contribution is -0.384. The number of hydrogen-bond acceptors (Lipinski definition) is 5. The highest BCUT2D eigenvalue weighted by atomic mass is 16.6. The van der Waals surface area contributed by atoms with Crippen LogP contribution in [0.3, 0.4) is 0 Å². The molecule has 2 rings (SSSR count). The smallest absolute Gasteiger partial charge is 0.274 e. The minimum atomic E-state index is -0.459. The Balaban J connectivity index is 2.04. The lowest BCUT2D eigenvalue weighted by atomic mass is 10.4. The van der Waals surface area contributed by atoms with Gasteiger partial charge >= 0.3 is 0 Å². The summed E-state index contributed by atoms with van der Waals surface area (Å²) in [6.45, 7) is 0.446. The first-order valence-corrected chi connectivity index (χ1v) is 4.62. The Morgan fingerprint density at radius 1 is 1.50 bits per heavy atom. The second-order valence-electron chi connectivity index (χ2n) is 3.09. The van der Waals surface area contributed by atoms with E-state index in [9.17, 15) is 10.1 Å². The first-order valence-electron chi connectivity index (χ1n) is 4.62. The van der Waals surface area contributed by atoms with Crippen LogP contribution in [0, 0.1) is 10.1 Å². The van der Waals surface area contributed by atoms with E-state index < -0.39 is 4.92 Å². The van der Waals surface area contributed by atoms with Crippen LogP contribution in [0.2, 0.25) is 0 Å². The van der Waals surface area contributed by atoms with Gasteiger partial charge in [-0.05, 0) is 12.1 Å². The van der Waals surface area contributed by atoms with Crippen molar-refractivity contribution in [2.75, 3.05) is 5.32 Å². The third-order valence-corrected chi connectivity index (χ3v) is 1.98. The van der Waals surface area contributed by atoms with Gasteiger partial charge in [-0.1, -0.05) is 0 Å². The summed E-state index contributed by atoms with van der Waals surface area (Å²) < 4.78 is 5.11. The number of hydrogen-bond donors (Lipinski definition) is 1. The van der Waals surface area contributed by atoms with Crippen molar-refractivity contribution in [1.29, 1.82) is 0 Å². The summed E-state index contributed by atoms with van der Waals surface area (Å²) in [7, 11) is 0. The van der Waals surface area contributed by atoms with Crippen molar-refractivity contribution >= 4 is 11.5 Å². The number of nitrogens with one attached hydrogen (secondary N) is 1. The lowest BCUT2D eigenvalue weighted by Crippen LogP contribution is -2.00. The van der Waals surface area contributed by atoms with E-state index in [-0.39, 0.29) is 5.69 Å². The molecule has 0 fully saturated rings. The quantitative estimate of drug-likeness (QED) is 0.629. The van der Waals surface area contributed by atoms with Gasteiger partial charge in [0.15, 0.2) is 0 Å². The molecule has 6 heteroatoms. The fourth-order valence-electron chi connectivity index (χ4n) is 1.22. The third-order valence-electron chi connectivity index (χ3n) is 1.98. The first-order chi connectivity index (χ1) is 7.75. The molecule has 2 aromatic heterocycles. The molecule has 6 nitrogen and oxygen atoms in total. The van der Waals surface area contributed by atoms with Gasteiger partial charge in [0.25, 0.3) is 5.69 Å². The first kappa shape index (κ1) is 10.2. The molecule has 0 aliphatic carbocycles. The van der Waals surface area contributed by atoms with Crippen molar-refractivity contribution < 1.29 is 9.34 Å². The number of pyridine rings is 1. The molecule has 1 N–H and O–H groups in total. The lowest BCUT2D eigenvalue weighted by Gasteiger charge is -2.02. The summed E-state index contributed by atoms with van der Waals surface area (Å²) in [5.74, 6) is 1.19. The molecule has 0 unspecified atom stereocenters. The molecule has 2 heterocycles. The Morgan fingerprint density at radius 3 is 3.06 bits per heavy atom. The average Bonchev–Trinajstić information content (AvgIpc) is 2.79. The van der Waals surface area contributed by atoms with E-state index in [2.05, 4.69) is 10.3 Å². The largest absolute Gasteiger partial charge is 0.467 e. The Morgan fingerprint density at radius 2 is 2.38 bits per heavy atom. The van der Waals surface area contributed by atoms with E-state index in [0.717, 1.165) is 5.76 Å². The molecule has 0 saturated heterocycles. The Labute approximate surface area is 91.1 Å². The van der Waals surface area contributed by atoms with Crippen molar-refractivity contribution in [3.63, 3.8) is 0 Å². The van der Waals surface area contributed by atoms with Gasteiger partial charge in [0.05, 0.1) is 23.8 Å². The van der Waals surface area contributed by atoms with Gasteiger partial charge in [-0.15, -0.1) is 0 Å². The van der Waals surface area contributed by atoms with Crippen molar-refractivity contribution in [2.45, 2.75) is 6.54 Å². The van der Waals surface area contributed by atoms with Crippen LogP contribution in [-0.4, -0.2) is 9.91 Å². The molecule has 16 heavy (non-hydrogen) atoms. The van der Waals surface area contributed by atoms with Gasteiger partial charge in [0, 0.05) is 12.3 Å². The highest BCUT2D eigenvalue weighted by Crippen LogP contribution is 2.14. The van der Waals surface area contributed by atoms with E-state index in [0.29, 0.717) is 12.4 Å². The number of aromatic nitrogens is 1. The molecular formula is C10H9N3O3. The fraction of sp³-hybridized carbons (Fsp3) is 0.100. The molecule has 0 bridgehead atoms. The number of nitro groups is 1. The zero-order valence-electron chi connectivity index (χ0n) is 8.29. The molecule has 2 aromatic rings. The van der Waals surface area contributed by atoms with Gasteiger partial charge in [0.1, 0.15) is 11.6 Å². The maximum Gasteiger partial charge on any atom is 0.274 e. The highest BCUT2D eigenvalue weighted by molar-refractivity contribution is 5.44. The van der Waals surface area contributed by atoms with E-state index in [1.54, 1.807) is 12.3 Å². The van der Waals surface area contributed by atoms with Crippen LogP contribution in [-0.2, 0) is 6.54 Å². The number of anilines is 1. The molecule has 0 radical (unpaired) electrons. The molecule has 0 amide bonds. The van der Waals surface area contributed by atoms with Gasteiger partial charge in [-0.2, -0.15) is 0 Å². The van der Waals surface area contributed by atoms with E-state index in [1.165, 1.54) is 18.3 Å². The monoisotopic (exact) mass is 219 g/mol. The summed E-state index contributed by atoms with van der Waals surface area (Å²) in [4.78, 5) is 14.0.